The molecular formula is C17H17ClF4N6O. The van der Waals surface area contributed by atoms with Gasteiger partial charge in [0.25, 0.3) is 5.89 Å². The van der Waals surface area contributed by atoms with E-state index in [0.29, 0.717) is 11.2 Å². The SMILES string of the molecule is CN1CCNCC1c1noc(-c2cnn(-c3ccccc3F)c2C(F)(F)F)n1.Cl. The zero-order chi connectivity index (χ0) is 19.9. The predicted molar refractivity (Wildman–Crippen MR) is 97.3 cm³/mol. The van der Waals surface area contributed by atoms with Gasteiger partial charge in [-0.15, -0.1) is 12.4 Å². The minimum absolute atomic E-state index is 0. The lowest BCUT2D eigenvalue weighted by molar-refractivity contribution is -0.142. The Morgan fingerprint density at radius 3 is 2.69 bits per heavy atom. The lowest BCUT2D eigenvalue weighted by atomic mass is 10.2. The van der Waals surface area contributed by atoms with E-state index >= 15 is 0 Å². The Kier molecular flexibility index (Phi) is 5.92. The molecular weight excluding hydrogens is 416 g/mol. The van der Waals surface area contributed by atoms with E-state index in [-0.39, 0.29) is 35.9 Å². The molecule has 0 amide bonds. The molecule has 1 aliphatic rings. The van der Waals surface area contributed by atoms with Crippen LogP contribution in [0.15, 0.2) is 35.0 Å². The number of likely N-dealkylation sites (N-methyl/N-ethyl adjacent to an activating group) is 1. The van der Waals surface area contributed by atoms with Crippen LogP contribution in [-0.2, 0) is 6.18 Å². The highest BCUT2D eigenvalue weighted by Gasteiger charge is 2.41. The first kappa shape index (κ1) is 21.2. The second kappa shape index (κ2) is 8.09. The van der Waals surface area contributed by atoms with Crippen LogP contribution in [0.4, 0.5) is 17.6 Å². The number of para-hydroxylation sites is 1. The van der Waals surface area contributed by atoms with Crippen molar-refractivity contribution < 1.29 is 22.1 Å². The van der Waals surface area contributed by atoms with Crippen LogP contribution >= 0.6 is 12.4 Å². The number of piperazine rings is 1. The minimum atomic E-state index is -4.81. The van der Waals surface area contributed by atoms with E-state index in [9.17, 15) is 17.6 Å². The van der Waals surface area contributed by atoms with Crippen LogP contribution in [0.5, 0.6) is 0 Å². The molecule has 3 heterocycles. The summed E-state index contributed by atoms with van der Waals surface area (Å²) in [6.45, 7) is 2.09. The summed E-state index contributed by atoms with van der Waals surface area (Å²) < 4.78 is 61.0. The van der Waals surface area contributed by atoms with Crippen LogP contribution in [0, 0.1) is 5.82 Å². The molecule has 7 nitrogen and oxygen atoms in total. The summed E-state index contributed by atoms with van der Waals surface area (Å²) in [4.78, 5) is 6.14. The number of benzene rings is 1. The molecule has 0 aliphatic carbocycles. The molecule has 156 valence electrons. The van der Waals surface area contributed by atoms with Gasteiger partial charge < -0.3 is 9.84 Å². The first-order valence-electron chi connectivity index (χ1n) is 8.51. The van der Waals surface area contributed by atoms with E-state index in [1.54, 1.807) is 0 Å². The Labute approximate surface area is 169 Å². The van der Waals surface area contributed by atoms with Crippen LogP contribution in [0.2, 0.25) is 0 Å². The molecule has 29 heavy (non-hydrogen) atoms. The number of hydrogen-bond donors (Lipinski definition) is 1. The van der Waals surface area contributed by atoms with E-state index in [2.05, 4.69) is 20.6 Å². The normalized spacial score (nSPS) is 17.9. The van der Waals surface area contributed by atoms with Crippen molar-refractivity contribution in [2.24, 2.45) is 0 Å². The molecule has 0 spiro atoms. The number of nitrogens with zero attached hydrogens (tertiary/aromatic N) is 5. The van der Waals surface area contributed by atoms with Crippen LogP contribution in [0.3, 0.4) is 0 Å². The van der Waals surface area contributed by atoms with Crippen LogP contribution in [0.1, 0.15) is 17.6 Å². The molecule has 1 fully saturated rings. The van der Waals surface area contributed by atoms with Crippen molar-refractivity contribution in [2.75, 3.05) is 26.7 Å². The monoisotopic (exact) mass is 432 g/mol. The molecule has 3 aromatic rings. The lowest BCUT2D eigenvalue weighted by Crippen LogP contribution is -2.44. The molecule has 2 aromatic heterocycles. The average molecular weight is 433 g/mol. The molecule has 1 atom stereocenters. The Balaban J connectivity index is 0.00000240. The van der Waals surface area contributed by atoms with Gasteiger partial charge in [-0.2, -0.15) is 23.3 Å². The number of nitrogens with one attached hydrogen (secondary N) is 1. The number of alkyl halides is 3. The summed E-state index contributed by atoms with van der Waals surface area (Å²) in [5.74, 6) is -0.871. The quantitative estimate of drug-likeness (QED) is 0.641. The molecule has 1 aliphatic heterocycles. The Hall–Kier alpha value is -2.50. The Morgan fingerprint density at radius 1 is 1.24 bits per heavy atom. The molecule has 1 unspecified atom stereocenters. The number of halogens is 5. The van der Waals surface area contributed by atoms with Gasteiger partial charge >= 0.3 is 6.18 Å². The third-order valence-corrected chi connectivity index (χ3v) is 4.60. The van der Waals surface area contributed by atoms with Gasteiger partial charge in [-0.3, -0.25) is 4.90 Å². The summed E-state index contributed by atoms with van der Waals surface area (Å²) in [7, 11) is 1.87. The third-order valence-electron chi connectivity index (χ3n) is 4.60. The number of hydrogen-bond acceptors (Lipinski definition) is 6. The largest absolute Gasteiger partial charge is 0.434 e. The van der Waals surface area contributed by atoms with Crippen molar-refractivity contribution in [2.45, 2.75) is 12.2 Å². The molecule has 1 saturated heterocycles. The van der Waals surface area contributed by atoms with Gasteiger partial charge in [-0.1, -0.05) is 17.3 Å². The highest BCUT2D eigenvalue weighted by molar-refractivity contribution is 5.85. The van der Waals surface area contributed by atoms with E-state index < -0.39 is 23.3 Å². The predicted octanol–water partition coefficient (Wildman–Crippen LogP) is 3.08. The van der Waals surface area contributed by atoms with Crippen molar-refractivity contribution in [1.29, 1.82) is 0 Å². The van der Waals surface area contributed by atoms with Gasteiger partial charge in [0, 0.05) is 19.6 Å². The highest BCUT2D eigenvalue weighted by Crippen LogP contribution is 2.38. The Bertz CT molecular complexity index is 988. The fourth-order valence-corrected chi connectivity index (χ4v) is 3.16. The van der Waals surface area contributed by atoms with Gasteiger partial charge in [0.2, 0.25) is 0 Å². The Morgan fingerprint density at radius 2 is 2.00 bits per heavy atom. The maximum Gasteiger partial charge on any atom is 0.434 e. The zero-order valence-electron chi connectivity index (χ0n) is 15.1. The topological polar surface area (TPSA) is 72.0 Å². The molecule has 0 saturated carbocycles. The van der Waals surface area contributed by atoms with E-state index in [4.69, 9.17) is 4.52 Å². The third kappa shape index (κ3) is 3.98. The fraction of sp³-hybridized carbons (Fsp3) is 0.353. The molecule has 12 heteroatoms. The fourth-order valence-electron chi connectivity index (χ4n) is 3.16. The van der Waals surface area contributed by atoms with Crippen molar-refractivity contribution in [1.82, 2.24) is 30.1 Å². The standard InChI is InChI=1S/C17H16F4N6O.ClH/c1-26-7-6-22-9-13(26)15-24-16(28-25-15)10-8-23-27(14(10)17(19,20)21)12-5-3-2-4-11(12)18;/h2-5,8,13,22H,6-7,9H2,1H3;1H. The highest BCUT2D eigenvalue weighted by atomic mass is 35.5. The van der Waals surface area contributed by atoms with Crippen LogP contribution < -0.4 is 5.32 Å². The average Bonchev–Trinajstić information content (AvgIpc) is 3.29. The van der Waals surface area contributed by atoms with Crippen LogP contribution in [0.25, 0.3) is 17.1 Å². The van der Waals surface area contributed by atoms with Crippen molar-refractivity contribution in [3.63, 3.8) is 0 Å². The van der Waals surface area contributed by atoms with Gasteiger partial charge in [0.15, 0.2) is 11.5 Å². The van der Waals surface area contributed by atoms with E-state index in [1.807, 2.05) is 11.9 Å². The lowest BCUT2D eigenvalue weighted by Gasteiger charge is -2.30. The molecule has 0 radical (unpaired) electrons. The van der Waals surface area contributed by atoms with Crippen LogP contribution in [-0.4, -0.2) is 51.5 Å². The smallest absolute Gasteiger partial charge is 0.334 e. The summed E-state index contributed by atoms with van der Waals surface area (Å²) >= 11 is 0. The first-order valence-corrected chi connectivity index (χ1v) is 8.51. The van der Waals surface area contributed by atoms with Gasteiger partial charge in [0.05, 0.1) is 17.8 Å². The van der Waals surface area contributed by atoms with Gasteiger partial charge in [-0.25, -0.2) is 9.07 Å². The van der Waals surface area contributed by atoms with Crippen molar-refractivity contribution in [3.05, 3.63) is 47.8 Å². The zero-order valence-corrected chi connectivity index (χ0v) is 16.0. The minimum Gasteiger partial charge on any atom is -0.334 e. The first-order chi connectivity index (χ1) is 13.4. The van der Waals surface area contributed by atoms with Gasteiger partial charge in [-0.05, 0) is 19.2 Å². The van der Waals surface area contributed by atoms with E-state index in [0.717, 1.165) is 25.4 Å². The van der Waals surface area contributed by atoms with Gasteiger partial charge in [0.1, 0.15) is 11.5 Å². The summed E-state index contributed by atoms with van der Waals surface area (Å²) in [5.41, 5.74) is -1.90. The molecule has 4 rings (SSSR count). The second-order valence-electron chi connectivity index (χ2n) is 6.43. The van der Waals surface area contributed by atoms with Crippen molar-refractivity contribution in [3.8, 4) is 17.1 Å². The summed E-state index contributed by atoms with van der Waals surface area (Å²) in [6.07, 6.45) is -3.86. The maximum atomic E-state index is 14.1. The summed E-state index contributed by atoms with van der Waals surface area (Å²) in [6, 6.07) is 4.87. The number of rotatable bonds is 3. The van der Waals surface area contributed by atoms with E-state index in [1.165, 1.54) is 18.2 Å². The maximum absolute atomic E-state index is 14.1. The van der Waals surface area contributed by atoms with Crippen molar-refractivity contribution >= 4 is 12.4 Å². The molecule has 1 aromatic carbocycles. The molecule has 1 N–H and O–H groups in total. The second-order valence-corrected chi connectivity index (χ2v) is 6.43. The molecule has 0 bridgehead atoms. The number of aromatic nitrogens is 4. The summed E-state index contributed by atoms with van der Waals surface area (Å²) in [5, 5.41) is 10.8.